The van der Waals surface area contributed by atoms with Gasteiger partial charge in [0.1, 0.15) is 11.2 Å². The molecule has 8 nitrogen and oxygen atoms in total. The highest BCUT2D eigenvalue weighted by Gasteiger charge is 2.17. The van der Waals surface area contributed by atoms with Crippen molar-refractivity contribution in [3.8, 4) is 5.88 Å². The number of ether oxygens (including phenoxy) is 1. The molecule has 0 saturated carbocycles. The van der Waals surface area contributed by atoms with E-state index in [0.29, 0.717) is 16.7 Å². The summed E-state index contributed by atoms with van der Waals surface area (Å²) in [5.74, 6) is 0.155. The Morgan fingerprint density at radius 1 is 1.38 bits per heavy atom. The molecule has 0 unspecified atom stereocenters. The number of hydrogen-bond acceptors (Lipinski definition) is 6. The highest BCUT2D eigenvalue weighted by Crippen LogP contribution is 2.22. The van der Waals surface area contributed by atoms with E-state index < -0.39 is 19.0 Å². The van der Waals surface area contributed by atoms with Crippen molar-refractivity contribution in [1.29, 1.82) is 0 Å². The van der Waals surface area contributed by atoms with Crippen LogP contribution in [0.5, 0.6) is 5.88 Å². The molecule has 0 saturated heterocycles. The van der Waals surface area contributed by atoms with E-state index in [1.54, 1.807) is 26.8 Å². The Balaban J connectivity index is 2.13. The van der Waals surface area contributed by atoms with Gasteiger partial charge in [0.15, 0.2) is 5.88 Å². The third kappa shape index (κ3) is 4.37. The highest BCUT2D eigenvalue weighted by molar-refractivity contribution is 6.33. The van der Waals surface area contributed by atoms with Crippen LogP contribution in [0.25, 0.3) is 11.0 Å². The number of fused-ring (bicyclic) bond motifs is 1. The van der Waals surface area contributed by atoms with Crippen LogP contribution in [-0.2, 0) is 4.74 Å². The SMILES string of the molecule is CC(C)(C)OC(=O)Nc1cnc2[nH]c(OB(O)O)cc2c1. The monoisotopic (exact) mass is 293 g/mol. The van der Waals surface area contributed by atoms with Crippen LogP contribution >= 0.6 is 0 Å². The Kier molecular flexibility index (Phi) is 4.05. The van der Waals surface area contributed by atoms with Gasteiger partial charge in [-0.15, -0.1) is 0 Å². The fourth-order valence-electron chi connectivity index (χ4n) is 1.66. The lowest BCUT2D eigenvalue weighted by Crippen LogP contribution is -2.27. The van der Waals surface area contributed by atoms with Gasteiger partial charge in [0.2, 0.25) is 0 Å². The standard InChI is InChI=1S/C12H16BN3O5/c1-12(2,3)20-11(17)15-8-4-7-5-9(21-13(18)19)16-10(7)14-6-8/h4-6,18-19H,1-3H3,(H,14,16)(H,15,17). The molecule has 0 bridgehead atoms. The number of anilines is 1. The van der Waals surface area contributed by atoms with Crippen LogP contribution in [0.4, 0.5) is 10.5 Å². The summed E-state index contributed by atoms with van der Waals surface area (Å²) >= 11 is 0. The molecular weight excluding hydrogens is 277 g/mol. The fraction of sp³-hybridized carbons (Fsp3) is 0.333. The molecule has 0 aromatic carbocycles. The quantitative estimate of drug-likeness (QED) is 0.633. The van der Waals surface area contributed by atoms with Crippen molar-refractivity contribution in [2.75, 3.05) is 5.32 Å². The maximum Gasteiger partial charge on any atom is 0.708 e. The molecule has 21 heavy (non-hydrogen) atoms. The van der Waals surface area contributed by atoms with Crippen LogP contribution in [0, 0.1) is 0 Å². The van der Waals surface area contributed by atoms with Crippen LogP contribution in [0.2, 0.25) is 0 Å². The number of amides is 1. The second-order valence-electron chi connectivity index (χ2n) is 5.37. The second kappa shape index (κ2) is 5.62. The first-order chi connectivity index (χ1) is 9.73. The van der Waals surface area contributed by atoms with Gasteiger partial charge in [-0.1, -0.05) is 0 Å². The normalized spacial score (nSPS) is 11.3. The van der Waals surface area contributed by atoms with Crippen molar-refractivity contribution in [1.82, 2.24) is 9.97 Å². The fourth-order valence-corrected chi connectivity index (χ4v) is 1.66. The van der Waals surface area contributed by atoms with E-state index in [1.807, 2.05) is 0 Å². The van der Waals surface area contributed by atoms with E-state index in [0.717, 1.165) is 0 Å². The van der Waals surface area contributed by atoms with Crippen molar-refractivity contribution >= 4 is 30.1 Å². The number of nitrogens with one attached hydrogen (secondary N) is 2. The first-order valence-electron chi connectivity index (χ1n) is 6.24. The maximum absolute atomic E-state index is 11.7. The van der Waals surface area contributed by atoms with Crippen LogP contribution in [0.1, 0.15) is 20.8 Å². The van der Waals surface area contributed by atoms with Gasteiger partial charge in [-0.25, -0.2) is 9.78 Å². The molecule has 1 amide bonds. The molecule has 9 heteroatoms. The van der Waals surface area contributed by atoms with Gasteiger partial charge in [-0.05, 0) is 26.8 Å². The van der Waals surface area contributed by atoms with E-state index in [-0.39, 0.29) is 5.88 Å². The number of carbonyl (C=O) groups excluding carboxylic acids is 1. The van der Waals surface area contributed by atoms with Gasteiger partial charge in [0.25, 0.3) is 0 Å². The van der Waals surface area contributed by atoms with Gasteiger partial charge in [-0.3, -0.25) is 5.32 Å². The minimum Gasteiger partial charge on any atom is -0.499 e. The van der Waals surface area contributed by atoms with Gasteiger partial charge in [0, 0.05) is 11.5 Å². The number of pyridine rings is 1. The third-order valence-corrected chi connectivity index (χ3v) is 2.32. The predicted octanol–water partition coefficient (Wildman–Crippen LogP) is 1.26. The van der Waals surface area contributed by atoms with Gasteiger partial charge >= 0.3 is 13.4 Å². The van der Waals surface area contributed by atoms with Gasteiger partial charge < -0.3 is 24.4 Å². The highest BCUT2D eigenvalue weighted by atomic mass is 16.6. The second-order valence-corrected chi connectivity index (χ2v) is 5.37. The summed E-state index contributed by atoms with van der Waals surface area (Å²) in [5, 5.41) is 20.7. The molecule has 2 aromatic heterocycles. The molecule has 112 valence electrons. The van der Waals surface area contributed by atoms with Crippen LogP contribution in [-0.4, -0.2) is 39.0 Å². The average molecular weight is 293 g/mol. The number of H-pyrrole nitrogens is 1. The van der Waals surface area contributed by atoms with E-state index >= 15 is 0 Å². The largest absolute Gasteiger partial charge is 0.708 e. The first kappa shape index (κ1) is 15.1. The molecule has 0 spiro atoms. The van der Waals surface area contributed by atoms with Crippen molar-refractivity contribution in [2.45, 2.75) is 26.4 Å². The smallest absolute Gasteiger partial charge is 0.499 e. The minimum atomic E-state index is -1.92. The number of hydrogen-bond donors (Lipinski definition) is 4. The predicted molar refractivity (Wildman–Crippen MR) is 76.8 cm³/mol. The van der Waals surface area contributed by atoms with E-state index in [9.17, 15) is 4.79 Å². The summed E-state index contributed by atoms with van der Waals surface area (Å²) in [4.78, 5) is 18.5. The Morgan fingerprint density at radius 2 is 2.10 bits per heavy atom. The lowest BCUT2D eigenvalue weighted by atomic mass is 10.2. The number of aromatic nitrogens is 2. The molecule has 0 aliphatic carbocycles. The van der Waals surface area contributed by atoms with Gasteiger partial charge in [-0.2, -0.15) is 0 Å². The van der Waals surface area contributed by atoms with Gasteiger partial charge in [0.05, 0.1) is 11.9 Å². The zero-order valence-electron chi connectivity index (χ0n) is 11.9. The lowest BCUT2D eigenvalue weighted by molar-refractivity contribution is 0.0636. The minimum absolute atomic E-state index is 0.155. The number of nitrogens with zero attached hydrogens (tertiary/aromatic N) is 1. The van der Waals surface area contributed by atoms with Crippen molar-refractivity contribution in [2.24, 2.45) is 0 Å². The zero-order valence-corrected chi connectivity index (χ0v) is 11.9. The molecule has 2 rings (SSSR count). The molecule has 2 heterocycles. The summed E-state index contributed by atoms with van der Waals surface area (Å²) in [7, 11) is -1.92. The molecule has 0 atom stereocenters. The topological polar surface area (TPSA) is 117 Å². The van der Waals surface area contributed by atoms with Crippen LogP contribution in [0.3, 0.4) is 0 Å². The van der Waals surface area contributed by atoms with E-state index in [1.165, 1.54) is 12.3 Å². The first-order valence-corrected chi connectivity index (χ1v) is 6.24. The van der Waals surface area contributed by atoms with E-state index in [4.69, 9.17) is 14.8 Å². The molecular formula is C12H16BN3O5. The molecule has 0 aliphatic rings. The summed E-state index contributed by atoms with van der Waals surface area (Å²) in [6, 6.07) is 3.18. The lowest BCUT2D eigenvalue weighted by Gasteiger charge is -2.19. The summed E-state index contributed by atoms with van der Waals surface area (Å²) in [6.45, 7) is 5.30. The number of rotatable bonds is 3. The maximum atomic E-state index is 11.7. The zero-order chi connectivity index (χ0) is 15.6. The number of aromatic amines is 1. The van der Waals surface area contributed by atoms with Crippen molar-refractivity contribution < 1.29 is 24.2 Å². The number of carbonyl (C=O) groups is 1. The van der Waals surface area contributed by atoms with Crippen LogP contribution < -0.4 is 9.97 Å². The Labute approximate surface area is 121 Å². The Morgan fingerprint density at radius 3 is 2.71 bits per heavy atom. The van der Waals surface area contributed by atoms with E-state index in [2.05, 4.69) is 19.9 Å². The van der Waals surface area contributed by atoms with Crippen molar-refractivity contribution in [3.05, 3.63) is 18.3 Å². The summed E-state index contributed by atoms with van der Waals surface area (Å²) < 4.78 is 9.82. The molecule has 4 N–H and O–H groups in total. The molecule has 0 radical (unpaired) electrons. The third-order valence-electron chi connectivity index (χ3n) is 2.32. The van der Waals surface area contributed by atoms with Crippen LogP contribution in [0.15, 0.2) is 18.3 Å². The Hall–Kier alpha value is -2.26. The molecule has 0 aliphatic heterocycles. The average Bonchev–Trinajstić information content (AvgIpc) is 2.66. The summed E-state index contributed by atoms with van der Waals surface area (Å²) in [6.07, 6.45) is 0.864. The Bertz CT molecular complexity index is 650. The molecule has 0 fully saturated rings. The van der Waals surface area contributed by atoms with Crippen molar-refractivity contribution in [3.63, 3.8) is 0 Å². The summed E-state index contributed by atoms with van der Waals surface area (Å²) in [5.41, 5.74) is 0.348. The molecule has 2 aromatic rings.